The first-order valence-electron chi connectivity index (χ1n) is 9.69. The van der Waals surface area contributed by atoms with Gasteiger partial charge < -0.3 is 20.5 Å². The van der Waals surface area contributed by atoms with Crippen LogP contribution in [0.25, 0.3) is 0 Å². The van der Waals surface area contributed by atoms with Gasteiger partial charge in [0, 0.05) is 38.0 Å². The first-order chi connectivity index (χ1) is 13.6. The highest BCUT2D eigenvalue weighted by molar-refractivity contribution is 5.92. The average Bonchev–Trinajstić information content (AvgIpc) is 2.68. The minimum atomic E-state index is 0.299. The fraction of sp³-hybridized carbons (Fsp3) is 0.409. The van der Waals surface area contributed by atoms with Gasteiger partial charge in [0.15, 0.2) is 5.96 Å². The van der Waals surface area contributed by atoms with Crippen LogP contribution in [0, 0.1) is 0 Å². The van der Waals surface area contributed by atoms with Gasteiger partial charge in [-0.1, -0.05) is 42.5 Å². The summed E-state index contributed by atoms with van der Waals surface area (Å²) in [6.45, 7) is 6.88. The van der Waals surface area contributed by atoms with E-state index in [1.807, 2.05) is 24.3 Å². The lowest BCUT2D eigenvalue weighted by Crippen LogP contribution is -2.40. The molecule has 6 heteroatoms. The van der Waals surface area contributed by atoms with E-state index in [2.05, 4.69) is 46.4 Å². The van der Waals surface area contributed by atoms with Crippen LogP contribution in [0.5, 0.6) is 0 Å². The molecule has 1 saturated heterocycles. The number of methoxy groups -OCH3 is 1. The van der Waals surface area contributed by atoms with Crippen LogP contribution < -0.4 is 11.1 Å². The Balaban J connectivity index is 1.59. The Bertz CT molecular complexity index is 794. The van der Waals surface area contributed by atoms with Crippen LogP contribution in [0.15, 0.2) is 53.5 Å². The van der Waals surface area contributed by atoms with Crippen LogP contribution in [0.4, 0.5) is 5.69 Å². The standard InChI is InChI=1S/C22H30N4O2/c1-17-14-26(10-11-28-17)15-19-7-5-6-18(12-19)13-24-22(23)25-21-9-4-3-8-20(21)16-27-2/h3-9,12,17H,10-11,13-16H2,1-2H3,(H3,23,24,25). The minimum absolute atomic E-state index is 0.299. The van der Waals surface area contributed by atoms with Crippen molar-refractivity contribution in [3.8, 4) is 0 Å². The van der Waals surface area contributed by atoms with Crippen molar-refractivity contribution in [2.75, 3.05) is 32.1 Å². The van der Waals surface area contributed by atoms with Crippen LogP contribution in [-0.2, 0) is 29.2 Å². The molecule has 3 N–H and O–H groups in total. The monoisotopic (exact) mass is 382 g/mol. The Labute approximate surface area is 167 Å². The van der Waals surface area contributed by atoms with Crippen molar-refractivity contribution in [3.63, 3.8) is 0 Å². The molecule has 6 nitrogen and oxygen atoms in total. The normalized spacial score (nSPS) is 18.2. The molecule has 1 fully saturated rings. The van der Waals surface area contributed by atoms with Gasteiger partial charge in [-0.2, -0.15) is 0 Å². The van der Waals surface area contributed by atoms with Gasteiger partial charge in [-0.15, -0.1) is 0 Å². The highest BCUT2D eigenvalue weighted by Crippen LogP contribution is 2.16. The second-order valence-electron chi connectivity index (χ2n) is 7.15. The molecule has 1 aliphatic heterocycles. The molecular formula is C22H30N4O2. The van der Waals surface area contributed by atoms with Gasteiger partial charge >= 0.3 is 0 Å². The van der Waals surface area contributed by atoms with E-state index in [0.717, 1.165) is 43.1 Å². The molecule has 1 atom stereocenters. The summed E-state index contributed by atoms with van der Waals surface area (Å²) in [6, 6.07) is 16.5. The van der Waals surface area contributed by atoms with Gasteiger partial charge in [0.2, 0.25) is 0 Å². The van der Waals surface area contributed by atoms with Gasteiger partial charge in [0.05, 0.1) is 25.9 Å². The molecule has 0 aliphatic carbocycles. The van der Waals surface area contributed by atoms with Crippen LogP contribution in [0.3, 0.4) is 0 Å². The Kier molecular flexibility index (Phi) is 7.42. The maximum Gasteiger partial charge on any atom is 0.193 e. The molecule has 0 saturated carbocycles. The second-order valence-corrected chi connectivity index (χ2v) is 7.15. The smallest absolute Gasteiger partial charge is 0.193 e. The summed E-state index contributed by atoms with van der Waals surface area (Å²) in [5.41, 5.74) is 10.5. The summed E-state index contributed by atoms with van der Waals surface area (Å²) < 4.78 is 10.8. The number of ether oxygens (including phenoxy) is 2. The van der Waals surface area contributed by atoms with Crippen LogP contribution in [0.2, 0.25) is 0 Å². The number of guanidine groups is 1. The predicted molar refractivity (Wildman–Crippen MR) is 113 cm³/mol. The lowest BCUT2D eigenvalue weighted by Gasteiger charge is -2.31. The van der Waals surface area contributed by atoms with E-state index in [0.29, 0.717) is 25.2 Å². The van der Waals surface area contributed by atoms with Gasteiger partial charge in [0.25, 0.3) is 0 Å². The largest absolute Gasteiger partial charge is 0.380 e. The summed E-state index contributed by atoms with van der Waals surface area (Å²) in [5.74, 6) is 0.399. The number of hydrogen-bond donors (Lipinski definition) is 2. The molecule has 1 aliphatic rings. The SMILES string of the molecule is COCc1ccccc1NC(N)=NCc1cccc(CN2CCOC(C)C2)c1. The Morgan fingerprint density at radius 2 is 2.07 bits per heavy atom. The van der Waals surface area contributed by atoms with E-state index in [4.69, 9.17) is 15.2 Å². The first-order valence-corrected chi connectivity index (χ1v) is 9.69. The zero-order valence-electron chi connectivity index (χ0n) is 16.7. The molecule has 1 unspecified atom stereocenters. The zero-order valence-corrected chi connectivity index (χ0v) is 16.7. The molecule has 2 aromatic rings. The molecule has 0 spiro atoms. The van der Waals surface area contributed by atoms with Crippen molar-refractivity contribution in [1.82, 2.24) is 4.90 Å². The van der Waals surface area contributed by atoms with Crippen LogP contribution in [0.1, 0.15) is 23.6 Å². The third-order valence-electron chi connectivity index (χ3n) is 4.73. The molecule has 0 radical (unpaired) electrons. The molecule has 0 amide bonds. The number of nitrogens with zero attached hydrogens (tertiary/aromatic N) is 2. The first kappa shape index (κ1) is 20.3. The van der Waals surface area contributed by atoms with Crippen LogP contribution in [-0.4, -0.2) is 43.8 Å². The van der Waals surface area contributed by atoms with E-state index >= 15 is 0 Å². The summed E-state index contributed by atoms with van der Waals surface area (Å²) in [5, 5.41) is 3.18. The zero-order chi connectivity index (χ0) is 19.8. The summed E-state index contributed by atoms with van der Waals surface area (Å²) in [4.78, 5) is 6.93. The molecule has 150 valence electrons. The molecule has 3 rings (SSSR count). The fourth-order valence-corrected chi connectivity index (χ4v) is 3.40. The topological polar surface area (TPSA) is 72.1 Å². The number of aliphatic imine (C=N–C) groups is 1. The highest BCUT2D eigenvalue weighted by atomic mass is 16.5. The number of para-hydroxylation sites is 1. The van der Waals surface area contributed by atoms with Crippen molar-refractivity contribution in [1.29, 1.82) is 0 Å². The fourth-order valence-electron chi connectivity index (χ4n) is 3.40. The van der Waals surface area contributed by atoms with Gasteiger partial charge in [0.1, 0.15) is 0 Å². The van der Waals surface area contributed by atoms with Gasteiger partial charge in [-0.25, -0.2) is 4.99 Å². The number of benzene rings is 2. The summed E-state index contributed by atoms with van der Waals surface area (Å²) in [7, 11) is 1.68. The molecule has 1 heterocycles. The number of nitrogens with two attached hydrogens (primary N) is 1. The van der Waals surface area contributed by atoms with E-state index in [1.54, 1.807) is 7.11 Å². The molecule has 0 bridgehead atoms. The third kappa shape index (κ3) is 6.05. The Morgan fingerprint density at radius 1 is 1.25 bits per heavy atom. The number of nitrogens with one attached hydrogen (secondary N) is 1. The molecular weight excluding hydrogens is 352 g/mol. The Morgan fingerprint density at radius 3 is 2.89 bits per heavy atom. The van der Waals surface area contributed by atoms with Crippen LogP contribution >= 0.6 is 0 Å². The van der Waals surface area contributed by atoms with Crippen molar-refractivity contribution < 1.29 is 9.47 Å². The molecule has 2 aromatic carbocycles. The van der Waals surface area contributed by atoms with Crippen molar-refractivity contribution in [2.24, 2.45) is 10.7 Å². The number of rotatable bonds is 7. The van der Waals surface area contributed by atoms with Crippen molar-refractivity contribution in [3.05, 3.63) is 65.2 Å². The molecule has 0 aromatic heterocycles. The third-order valence-corrected chi connectivity index (χ3v) is 4.73. The maximum atomic E-state index is 6.10. The van der Waals surface area contributed by atoms with Gasteiger partial charge in [-0.3, -0.25) is 4.90 Å². The predicted octanol–water partition coefficient (Wildman–Crippen LogP) is 2.98. The summed E-state index contributed by atoms with van der Waals surface area (Å²) in [6.07, 6.45) is 0.299. The van der Waals surface area contributed by atoms with E-state index < -0.39 is 0 Å². The lowest BCUT2D eigenvalue weighted by molar-refractivity contribution is -0.0212. The average molecular weight is 383 g/mol. The minimum Gasteiger partial charge on any atom is -0.380 e. The van der Waals surface area contributed by atoms with E-state index in [1.165, 1.54) is 5.56 Å². The van der Waals surface area contributed by atoms with E-state index in [-0.39, 0.29) is 0 Å². The second kappa shape index (κ2) is 10.2. The Hall–Kier alpha value is -2.41. The number of anilines is 1. The maximum absolute atomic E-state index is 6.10. The summed E-state index contributed by atoms with van der Waals surface area (Å²) >= 11 is 0. The number of morpholine rings is 1. The lowest BCUT2D eigenvalue weighted by atomic mass is 10.1. The van der Waals surface area contributed by atoms with Crippen molar-refractivity contribution >= 4 is 11.6 Å². The number of hydrogen-bond acceptors (Lipinski definition) is 4. The molecule has 28 heavy (non-hydrogen) atoms. The highest BCUT2D eigenvalue weighted by Gasteiger charge is 2.16. The quantitative estimate of drug-likeness (QED) is 0.569. The van der Waals surface area contributed by atoms with Crippen molar-refractivity contribution in [2.45, 2.75) is 32.7 Å². The van der Waals surface area contributed by atoms with Gasteiger partial charge in [-0.05, 0) is 24.1 Å². The van der Waals surface area contributed by atoms with E-state index in [9.17, 15) is 0 Å².